The first-order valence-corrected chi connectivity index (χ1v) is 5.28. The molecule has 1 fully saturated rings. The molecule has 78 valence electrons. The van der Waals surface area contributed by atoms with E-state index in [9.17, 15) is 0 Å². The van der Waals surface area contributed by atoms with Gasteiger partial charge in [-0.15, -0.1) is 0 Å². The smallest absolute Gasteiger partial charge is 0.239 e. The summed E-state index contributed by atoms with van der Waals surface area (Å²) in [5, 5.41) is 3.33. The highest BCUT2D eigenvalue weighted by Crippen LogP contribution is 2.17. The number of anilines is 1. The molecule has 0 radical (unpaired) electrons. The van der Waals surface area contributed by atoms with Gasteiger partial charge in [-0.05, 0) is 12.1 Å². The van der Waals surface area contributed by atoms with Crippen LogP contribution in [-0.2, 0) is 6.54 Å². The van der Waals surface area contributed by atoms with Crippen molar-refractivity contribution in [2.45, 2.75) is 6.54 Å². The minimum absolute atomic E-state index is 0.486. The van der Waals surface area contributed by atoms with E-state index in [0.29, 0.717) is 6.54 Å². The van der Waals surface area contributed by atoms with Gasteiger partial charge in [-0.1, -0.05) is 12.1 Å². The van der Waals surface area contributed by atoms with Gasteiger partial charge in [0.2, 0.25) is 6.54 Å². The van der Waals surface area contributed by atoms with E-state index in [1.165, 1.54) is 5.69 Å². The number of nitrogens with one attached hydrogen (secondary N) is 1. The summed E-state index contributed by atoms with van der Waals surface area (Å²) in [6.07, 6.45) is 0. The van der Waals surface area contributed by atoms with E-state index < -0.39 is 0 Å². The Kier molecular flexibility index (Phi) is 3.21. The molecule has 0 aromatic heterocycles. The predicted molar refractivity (Wildman–Crippen MR) is 61.8 cm³/mol. The Balaban J connectivity index is 2.13. The van der Waals surface area contributed by atoms with Crippen molar-refractivity contribution < 1.29 is 0 Å². The first-order chi connectivity index (χ1) is 7.40. The molecule has 0 saturated carbocycles. The van der Waals surface area contributed by atoms with Crippen LogP contribution in [0, 0.1) is 6.57 Å². The molecule has 1 aliphatic heterocycles. The van der Waals surface area contributed by atoms with E-state index in [4.69, 9.17) is 6.57 Å². The van der Waals surface area contributed by atoms with Gasteiger partial charge in [-0.2, -0.15) is 0 Å². The van der Waals surface area contributed by atoms with Gasteiger partial charge < -0.3 is 15.1 Å². The summed E-state index contributed by atoms with van der Waals surface area (Å²) in [5.74, 6) is 0. The largest absolute Gasteiger partial charge is 0.369 e. The SMILES string of the molecule is [C-]#[N+]Cc1cccc(N2CCNCC2)c1. The first kappa shape index (κ1) is 10.0. The molecule has 1 saturated heterocycles. The molecule has 0 bridgehead atoms. The topological polar surface area (TPSA) is 19.6 Å². The monoisotopic (exact) mass is 201 g/mol. The van der Waals surface area contributed by atoms with E-state index >= 15 is 0 Å². The fourth-order valence-corrected chi connectivity index (χ4v) is 1.87. The third-order valence-electron chi connectivity index (χ3n) is 2.65. The molecular formula is C12H15N3. The third kappa shape index (κ3) is 2.48. The lowest BCUT2D eigenvalue weighted by atomic mass is 10.2. The Morgan fingerprint density at radius 3 is 2.87 bits per heavy atom. The van der Waals surface area contributed by atoms with E-state index in [1.54, 1.807) is 0 Å². The summed E-state index contributed by atoms with van der Waals surface area (Å²) in [4.78, 5) is 5.78. The standard InChI is InChI=1S/C12H15N3/c1-13-10-11-3-2-4-12(9-11)15-7-5-14-6-8-15/h2-4,9,14H,5-8,10H2. The van der Waals surface area contributed by atoms with Gasteiger partial charge in [0.25, 0.3) is 0 Å². The van der Waals surface area contributed by atoms with Crippen molar-refractivity contribution in [3.05, 3.63) is 41.2 Å². The normalized spacial score (nSPS) is 16.1. The van der Waals surface area contributed by atoms with Gasteiger partial charge in [0.1, 0.15) is 0 Å². The van der Waals surface area contributed by atoms with Gasteiger partial charge in [0, 0.05) is 37.4 Å². The van der Waals surface area contributed by atoms with Gasteiger partial charge in [0.05, 0.1) is 0 Å². The summed E-state index contributed by atoms with van der Waals surface area (Å²) in [5.41, 5.74) is 2.36. The van der Waals surface area contributed by atoms with Crippen LogP contribution >= 0.6 is 0 Å². The first-order valence-electron chi connectivity index (χ1n) is 5.28. The highest BCUT2D eigenvalue weighted by atomic mass is 15.2. The molecule has 1 N–H and O–H groups in total. The van der Waals surface area contributed by atoms with Gasteiger partial charge >= 0.3 is 0 Å². The van der Waals surface area contributed by atoms with Crippen molar-refractivity contribution in [2.75, 3.05) is 31.1 Å². The number of piperazine rings is 1. The zero-order chi connectivity index (χ0) is 10.5. The van der Waals surface area contributed by atoms with Crippen LogP contribution in [0.2, 0.25) is 0 Å². The minimum atomic E-state index is 0.486. The van der Waals surface area contributed by atoms with Crippen molar-refractivity contribution >= 4 is 5.69 Å². The van der Waals surface area contributed by atoms with Gasteiger partial charge in [-0.25, -0.2) is 6.57 Å². The molecule has 1 heterocycles. The quantitative estimate of drug-likeness (QED) is 0.732. The number of hydrogen-bond acceptors (Lipinski definition) is 2. The highest BCUT2D eigenvalue weighted by molar-refractivity contribution is 5.49. The summed E-state index contributed by atoms with van der Waals surface area (Å²) in [6.45, 7) is 11.6. The summed E-state index contributed by atoms with van der Waals surface area (Å²) in [6, 6.07) is 8.31. The third-order valence-corrected chi connectivity index (χ3v) is 2.65. The molecule has 15 heavy (non-hydrogen) atoms. The molecule has 0 spiro atoms. The van der Waals surface area contributed by atoms with Crippen LogP contribution < -0.4 is 10.2 Å². The zero-order valence-corrected chi connectivity index (χ0v) is 8.74. The maximum absolute atomic E-state index is 6.86. The molecule has 1 aromatic carbocycles. The molecule has 0 unspecified atom stereocenters. The fourth-order valence-electron chi connectivity index (χ4n) is 1.87. The molecule has 0 aliphatic carbocycles. The second-order valence-corrected chi connectivity index (χ2v) is 3.72. The Bertz CT molecular complexity index is 361. The van der Waals surface area contributed by atoms with Gasteiger partial charge in [-0.3, -0.25) is 0 Å². The number of hydrogen-bond donors (Lipinski definition) is 1. The fraction of sp³-hybridized carbons (Fsp3) is 0.417. The second kappa shape index (κ2) is 4.81. The molecule has 0 amide bonds. The Hall–Kier alpha value is -1.53. The maximum Gasteiger partial charge on any atom is 0.239 e. The Labute approximate surface area is 90.5 Å². The lowest BCUT2D eigenvalue weighted by Crippen LogP contribution is -2.43. The second-order valence-electron chi connectivity index (χ2n) is 3.72. The van der Waals surface area contributed by atoms with E-state index in [0.717, 1.165) is 31.7 Å². The van der Waals surface area contributed by atoms with Crippen LogP contribution in [0.25, 0.3) is 4.85 Å². The number of rotatable bonds is 2. The van der Waals surface area contributed by atoms with Crippen molar-refractivity contribution in [3.63, 3.8) is 0 Å². The molecule has 1 aliphatic rings. The molecular weight excluding hydrogens is 186 g/mol. The van der Waals surface area contributed by atoms with Crippen molar-refractivity contribution in [3.8, 4) is 0 Å². The van der Waals surface area contributed by atoms with Crippen LogP contribution in [0.5, 0.6) is 0 Å². The molecule has 3 heteroatoms. The minimum Gasteiger partial charge on any atom is -0.369 e. The summed E-state index contributed by atoms with van der Waals surface area (Å²) < 4.78 is 0. The highest BCUT2D eigenvalue weighted by Gasteiger charge is 2.10. The average Bonchev–Trinajstić information content (AvgIpc) is 2.31. The zero-order valence-electron chi connectivity index (χ0n) is 8.74. The van der Waals surface area contributed by atoms with Gasteiger partial charge in [0.15, 0.2) is 0 Å². The van der Waals surface area contributed by atoms with Crippen molar-refractivity contribution in [1.82, 2.24) is 5.32 Å². The lowest BCUT2D eigenvalue weighted by molar-refractivity contribution is 0.589. The average molecular weight is 201 g/mol. The summed E-state index contributed by atoms with van der Waals surface area (Å²) >= 11 is 0. The summed E-state index contributed by atoms with van der Waals surface area (Å²) in [7, 11) is 0. The molecule has 0 atom stereocenters. The van der Waals surface area contributed by atoms with Crippen LogP contribution in [-0.4, -0.2) is 26.2 Å². The van der Waals surface area contributed by atoms with Crippen LogP contribution in [0.3, 0.4) is 0 Å². The Morgan fingerprint density at radius 1 is 1.33 bits per heavy atom. The maximum atomic E-state index is 6.86. The van der Waals surface area contributed by atoms with Crippen LogP contribution in [0.15, 0.2) is 24.3 Å². The lowest BCUT2D eigenvalue weighted by Gasteiger charge is -2.29. The molecule has 3 nitrogen and oxygen atoms in total. The van der Waals surface area contributed by atoms with Crippen molar-refractivity contribution in [1.29, 1.82) is 0 Å². The number of nitrogens with zero attached hydrogens (tertiary/aromatic N) is 2. The van der Waals surface area contributed by atoms with E-state index in [2.05, 4.69) is 27.2 Å². The van der Waals surface area contributed by atoms with Crippen LogP contribution in [0.1, 0.15) is 5.56 Å². The van der Waals surface area contributed by atoms with E-state index in [-0.39, 0.29) is 0 Å². The molecule has 1 aromatic rings. The van der Waals surface area contributed by atoms with Crippen LogP contribution in [0.4, 0.5) is 5.69 Å². The predicted octanol–water partition coefficient (Wildman–Crippen LogP) is 1.52. The number of benzene rings is 1. The van der Waals surface area contributed by atoms with Crippen molar-refractivity contribution in [2.24, 2.45) is 0 Å². The van der Waals surface area contributed by atoms with E-state index in [1.807, 2.05) is 12.1 Å². The molecule has 2 rings (SSSR count). The Morgan fingerprint density at radius 2 is 2.13 bits per heavy atom.